The maximum Gasteiger partial charge on any atom is 0.226 e. The molecule has 2 aromatic rings. The molecule has 1 aromatic heterocycles. The quantitative estimate of drug-likeness (QED) is 0.522. The molecule has 2 aliphatic heterocycles. The molecule has 0 spiro atoms. The van der Waals surface area contributed by atoms with Crippen LogP contribution in [0.4, 0.5) is 5.95 Å². The molecule has 2 saturated heterocycles. The summed E-state index contributed by atoms with van der Waals surface area (Å²) in [5.74, 6) is 2.57. The first-order valence-electron chi connectivity index (χ1n) is 13.8. The molecule has 8 nitrogen and oxygen atoms in total. The van der Waals surface area contributed by atoms with Crippen molar-refractivity contribution in [2.75, 3.05) is 37.7 Å². The van der Waals surface area contributed by atoms with Crippen molar-refractivity contribution in [1.29, 1.82) is 0 Å². The predicted octanol–water partition coefficient (Wildman–Crippen LogP) is 4.10. The fourth-order valence-electron chi connectivity index (χ4n) is 5.62. The lowest BCUT2D eigenvalue weighted by Crippen LogP contribution is -2.37. The van der Waals surface area contributed by atoms with Gasteiger partial charge in [-0.1, -0.05) is 25.1 Å². The van der Waals surface area contributed by atoms with Crippen LogP contribution in [-0.4, -0.2) is 64.8 Å². The van der Waals surface area contributed by atoms with E-state index < -0.39 is 0 Å². The molecule has 198 valence electrons. The Morgan fingerprint density at radius 2 is 1.84 bits per heavy atom. The zero-order valence-corrected chi connectivity index (χ0v) is 21.8. The lowest BCUT2D eigenvalue weighted by Gasteiger charge is -2.31. The number of carbonyl (C=O) groups excluding carboxylic acids is 1. The van der Waals surface area contributed by atoms with Crippen LogP contribution in [0.3, 0.4) is 0 Å². The molecule has 5 rings (SSSR count). The molecule has 37 heavy (non-hydrogen) atoms. The van der Waals surface area contributed by atoms with Crippen molar-refractivity contribution in [3.63, 3.8) is 0 Å². The number of hydrogen-bond donors (Lipinski definition) is 2. The number of nitrogens with zero attached hydrogens (tertiary/aromatic N) is 4. The molecule has 8 heteroatoms. The molecule has 2 N–H and O–H groups in total. The van der Waals surface area contributed by atoms with Gasteiger partial charge in [0, 0.05) is 44.5 Å². The topological polar surface area (TPSA) is 90.8 Å². The van der Waals surface area contributed by atoms with E-state index in [1.54, 1.807) is 0 Å². The normalized spacial score (nSPS) is 22.7. The Kier molecular flexibility index (Phi) is 8.36. The van der Waals surface area contributed by atoms with Crippen LogP contribution in [0.1, 0.15) is 56.6 Å². The van der Waals surface area contributed by atoms with E-state index in [1.165, 1.54) is 16.7 Å². The van der Waals surface area contributed by atoms with Gasteiger partial charge in [-0.05, 0) is 79.7 Å². The summed E-state index contributed by atoms with van der Waals surface area (Å²) in [6.45, 7) is 6.11. The highest BCUT2D eigenvalue weighted by Crippen LogP contribution is 2.33. The smallest absolute Gasteiger partial charge is 0.226 e. The lowest BCUT2D eigenvalue weighted by molar-refractivity contribution is -0.134. The Labute approximate surface area is 219 Å². The number of anilines is 1. The van der Waals surface area contributed by atoms with Crippen LogP contribution in [-0.2, 0) is 11.2 Å². The van der Waals surface area contributed by atoms with E-state index in [0.717, 1.165) is 82.9 Å². The van der Waals surface area contributed by atoms with Gasteiger partial charge >= 0.3 is 0 Å². The van der Waals surface area contributed by atoms with Gasteiger partial charge in [-0.25, -0.2) is 15.4 Å². The number of hydrogen-bond acceptors (Lipinski definition) is 7. The number of amides is 1. The van der Waals surface area contributed by atoms with Gasteiger partial charge in [0.2, 0.25) is 11.9 Å². The van der Waals surface area contributed by atoms with Gasteiger partial charge < -0.3 is 19.7 Å². The molecule has 3 aliphatic rings. The number of ether oxygens (including phenoxy) is 1. The molecule has 0 radical (unpaired) electrons. The van der Waals surface area contributed by atoms with E-state index in [1.807, 2.05) is 17.3 Å². The Bertz CT molecular complexity index is 1060. The van der Waals surface area contributed by atoms with Gasteiger partial charge in [0.15, 0.2) is 0 Å². The highest BCUT2D eigenvalue weighted by atomic mass is 16.5. The number of piperidine rings is 1. The number of carbonyl (C=O) groups is 1. The molecule has 2 fully saturated rings. The number of hydroxylamine groups is 1. The third kappa shape index (κ3) is 6.30. The minimum absolute atomic E-state index is 0.00484. The zero-order chi connectivity index (χ0) is 25.6. The van der Waals surface area contributed by atoms with Crippen molar-refractivity contribution in [1.82, 2.24) is 20.3 Å². The first kappa shape index (κ1) is 25.7. The summed E-state index contributed by atoms with van der Waals surface area (Å²) < 4.78 is 6.14. The fourth-order valence-corrected chi connectivity index (χ4v) is 5.62. The van der Waals surface area contributed by atoms with Crippen LogP contribution >= 0.6 is 0 Å². The Morgan fingerprint density at radius 3 is 2.46 bits per heavy atom. The van der Waals surface area contributed by atoms with Gasteiger partial charge in [-0.3, -0.25) is 4.79 Å². The molecule has 1 unspecified atom stereocenters. The largest absolute Gasteiger partial charge is 0.493 e. The van der Waals surface area contributed by atoms with Gasteiger partial charge in [-0.2, -0.15) is 0 Å². The van der Waals surface area contributed by atoms with Gasteiger partial charge in [0.1, 0.15) is 5.75 Å². The number of aryl methyl sites for hydroxylation is 1. The Balaban J connectivity index is 1.06. The van der Waals surface area contributed by atoms with Crippen molar-refractivity contribution in [3.8, 4) is 5.75 Å². The SMILES string of the molecule is CCc1cnc(N2CCC(COc3ccc(C4=CCC(C(=O)N5CC[C@@H](NO)C5)CC4)cc3)CC2)nc1. The molecule has 0 bridgehead atoms. The van der Waals surface area contributed by atoms with E-state index in [-0.39, 0.29) is 17.9 Å². The van der Waals surface area contributed by atoms with Gasteiger partial charge in [-0.15, -0.1) is 0 Å². The first-order valence-corrected chi connectivity index (χ1v) is 13.8. The minimum Gasteiger partial charge on any atom is -0.493 e. The standard InChI is InChI=1S/C29H39N5O3/c1-2-21-17-30-29(31-18-21)33-14-11-22(12-15-33)20-37-27-9-7-24(8-10-27)23-3-5-25(6-4-23)28(35)34-16-13-26(19-34)32-36/h3,7-10,17-18,22,25-26,32,36H,2,4-6,11-16,19-20H2,1H3/t25?,26-/m1/s1. The summed E-state index contributed by atoms with van der Waals surface area (Å²) in [7, 11) is 0. The number of rotatable bonds is 8. The molecule has 1 aliphatic carbocycles. The maximum atomic E-state index is 12.8. The summed E-state index contributed by atoms with van der Waals surface area (Å²) in [5, 5.41) is 9.11. The molecule has 3 heterocycles. The first-order chi connectivity index (χ1) is 18.1. The third-order valence-electron chi connectivity index (χ3n) is 8.15. The van der Waals surface area contributed by atoms with E-state index in [9.17, 15) is 4.79 Å². The number of likely N-dealkylation sites (tertiary alicyclic amines) is 1. The third-order valence-corrected chi connectivity index (χ3v) is 8.15. The van der Waals surface area contributed by atoms with Crippen LogP contribution in [0.5, 0.6) is 5.75 Å². The predicted molar refractivity (Wildman–Crippen MR) is 144 cm³/mol. The highest BCUT2D eigenvalue weighted by Gasteiger charge is 2.31. The molecular weight excluding hydrogens is 466 g/mol. The number of benzene rings is 1. The molecular formula is C29H39N5O3. The van der Waals surface area contributed by atoms with Crippen molar-refractivity contribution >= 4 is 17.4 Å². The van der Waals surface area contributed by atoms with Crippen LogP contribution in [0, 0.1) is 11.8 Å². The van der Waals surface area contributed by atoms with Crippen molar-refractivity contribution in [3.05, 3.63) is 53.9 Å². The van der Waals surface area contributed by atoms with Crippen molar-refractivity contribution in [2.24, 2.45) is 11.8 Å². The van der Waals surface area contributed by atoms with E-state index >= 15 is 0 Å². The summed E-state index contributed by atoms with van der Waals surface area (Å²) in [4.78, 5) is 26.0. The van der Waals surface area contributed by atoms with Crippen LogP contribution in [0.2, 0.25) is 0 Å². The summed E-state index contributed by atoms with van der Waals surface area (Å²) in [6.07, 6.45) is 12.6. The average Bonchev–Trinajstić information content (AvgIpc) is 3.46. The van der Waals surface area contributed by atoms with Crippen LogP contribution < -0.4 is 15.1 Å². The second-order valence-electron chi connectivity index (χ2n) is 10.6. The van der Waals surface area contributed by atoms with Gasteiger partial charge in [0.05, 0.1) is 12.6 Å². The van der Waals surface area contributed by atoms with Crippen molar-refractivity contribution in [2.45, 2.75) is 57.9 Å². The summed E-state index contributed by atoms with van der Waals surface area (Å²) in [5.41, 5.74) is 6.00. The minimum atomic E-state index is 0.00484. The van der Waals surface area contributed by atoms with Gasteiger partial charge in [0.25, 0.3) is 0 Å². The Hall–Kier alpha value is -2.97. The highest BCUT2D eigenvalue weighted by molar-refractivity contribution is 5.81. The molecule has 0 saturated carbocycles. The summed E-state index contributed by atoms with van der Waals surface area (Å²) >= 11 is 0. The average molecular weight is 506 g/mol. The molecule has 1 aromatic carbocycles. The Morgan fingerprint density at radius 1 is 1.08 bits per heavy atom. The summed E-state index contributed by atoms with van der Waals surface area (Å²) in [6, 6.07) is 8.42. The van der Waals surface area contributed by atoms with E-state index in [2.05, 4.69) is 57.6 Å². The molecule has 2 atom stereocenters. The van der Waals surface area contributed by atoms with Crippen LogP contribution in [0.15, 0.2) is 42.7 Å². The van der Waals surface area contributed by atoms with E-state index in [4.69, 9.17) is 9.94 Å². The van der Waals surface area contributed by atoms with Crippen molar-refractivity contribution < 1.29 is 14.7 Å². The number of allylic oxidation sites excluding steroid dienone is 2. The maximum absolute atomic E-state index is 12.8. The monoisotopic (exact) mass is 505 g/mol. The number of nitrogens with one attached hydrogen (secondary N) is 1. The lowest BCUT2D eigenvalue weighted by atomic mass is 9.86. The van der Waals surface area contributed by atoms with Crippen LogP contribution in [0.25, 0.3) is 5.57 Å². The zero-order valence-electron chi connectivity index (χ0n) is 21.8. The second-order valence-corrected chi connectivity index (χ2v) is 10.6. The number of aromatic nitrogens is 2. The molecule has 1 amide bonds. The fraction of sp³-hybridized carbons (Fsp3) is 0.552. The van der Waals surface area contributed by atoms with E-state index in [0.29, 0.717) is 12.5 Å². The second kappa shape index (κ2) is 12.0.